The Morgan fingerprint density at radius 1 is 0.304 bits per heavy atom. The monoisotopic (exact) mass is 951 g/mol. The van der Waals surface area contributed by atoms with Crippen molar-refractivity contribution in [2.24, 2.45) is 0 Å². The Hall–Kier alpha value is -4.71. The van der Waals surface area contributed by atoms with Crippen molar-refractivity contribution in [1.29, 1.82) is 0 Å². The van der Waals surface area contributed by atoms with Gasteiger partial charge in [0.2, 0.25) is 0 Å². The van der Waals surface area contributed by atoms with Crippen LogP contribution in [0.3, 0.4) is 0 Å². The van der Waals surface area contributed by atoms with Gasteiger partial charge in [-0.15, -0.1) is 0 Å². The number of ether oxygens (including phenoxy) is 3. The maximum atomic E-state index is 12.7. The summed E-state index contributed by atoms with van der Waals surface area (Å²) in [7, 11) is 0. The zero-order chi connectivity index (χ0) is 50.0. The largest absolute Gasteiger partial charge is 0.462 e. The summed E-state index contributed by atoms with van der Waals surface area (Å²) < 4.78 is 16.6. The van der Waals surface area contributed by atoms with Crippen LogP contribution >= 0.6 is 0 Å². The molecule has 0 amide bonds. The molecule has 0 N–H and O–H groups in total. The molecule has 0 aliphatic heterocycles. The van der Waals surface area contributed by atoms with Gasteiger partial charge in [0.25, 0.3) is 0 Å². The minimum absolute atomic E-state index is 0.105. The van der Waals surface area contributed by atoms with E-state index in [1.54, 1.807) is 0 Å². The molecule has 0 fully saturated rings. The lowest BCUT2D eigenvalue weighted by Gasteiger charge is -2.18. The minimum atomic E-state index is -0.807. The van der Waals surface area contributed by atoms with E-state index >= 15 is 0 Å². The third-order valence-electron chi connectivity index (χ3n) is 10.8. The fraction of sp³-hybridized carbons (Fsp3) is 0.571. The quantitative estimate of drug-likeness (QED) is 0.0262. The van der Waals surface area contributed by atoms with Gasteiger partial charge < -0.3 is 14.2 Å². The van der Waals surface area contributed by atoms with E-state index < -0.39 is 6.10 Å². The molecule has 0 aliphatic rings. The van der Waals surface area contributed by atoms with Crippen LogP contribution in [0, 0.1) is 0 Å². The first-order valence-corrected chi connectivity index (χ1v) is 27.3. The van der Waals surface area contributed by atoms with Crippen LogP contribution in [0.15, 0.2) is 146 Å². The molecular weight excluding hydrogens is 853 g/mol. The standard InChI is InChI=1S/C63H98O6/c1-4-7-10-13-15-17-19-21-23-24-25-26-27-28-29-30-31-32-33-34-35-36-37-38-40-41-43-45-47-50-53-56-62(65)68-59-60(58-67-61(64)55-52-49-12-9-6-3)69-63(66)57-54-51-48-46-44-42-39-22-20-18-16-14-11-8-5-2/h7-8,10-11,15-18,21-23,25-26,28-29,31-32,34-35,37-39,44,46,60H,4-6,9,12-14,19-20,24,27,30,33,36,40-43,45,47-59H2,1-3H3/b10-7-,11-8-,17-15-,18-16-,23-21-,26-25-,29-28-,32-31-,35-34-,38-37-,39-22-,46-44-. The molecule has 0 heterocycles. The molecular formula is C63H98O6. The fourth-order valence-electron chi connectivity index (χ4n) is 6.80. The molecule has 0 saturated heterocycles. The van der Waals surface area contributed by atoms with Gasteiger partial charge >= 0.3 is 17.9 Å². The van der Waals surface area contributed by atoms with E-state index in [-0.39, 0.29) is 37.5 Å². The number of rotatable bonds is 47. The Bertz CT molecular complexity index is 1560. The first kappa shape index (κ1) is 64.3. The predicted octanol–water partition coefficient (Wildman–Crippen LogP) is 18.4. The number of unbranched alkanes of at least 4 members (excludes halogenated alkanes) is 12. The van der Waals surface area contributed by atoms with E-state index in [1.807, 2.05) is 0 Å². The third kappa shape index (κ3) is 54.1. The average Bonchev–Trinajstić information content (AvgIpc) is 3.35. The van der Waals surface area contributed by atoms with E-state index in [0.29, 0.717) is 19.3 Å². The van der Waals surface area contributed by atoms with Gasteiger partial charge in [-0.05, 0) is 122 Å². The smallest absolute Gasteiger partial charge is 0.306 e. The average molecular weight is 951 g/mol. The van der Waals surface area contributed by atoms with Crippen LogP contribution in [0.25, 0.3) is 0 Å². The van der Waals surface area contributed by atoms with E-state index in [1.165, 1.54) is 12.8 Å². The highest BCUT2D eigenvalue weighted by molar-refractivity contribution is 5.71. The number of carbonyl (C=O) groups excluding carboxylic acids is 3. The van der Waals surface area contributed by atoms with Gasteiger partial charge in [0, 0.05) is 19.3 Å². The van der Waals surface area contributed by atoms with Crippen LogP contribution < -0.4 is 0 Å². The molecule has 0 aromatic heterocycles. The molecule has 0 rings (SSSR count). The molecule has 0 bridgehead atoms. The highest BCUT2D eigenvalue weighted by Gasteiger charge is 2.19. The summed E-state index contributed by atoms with van der Waals surface area (Å²) in [4.78, 5) is 37.7. The Morgan fingerprint density at radius 2 is 0.565 bits per heavy atom. The Kier molecular flexibility index (Phi) is 52.1. The molecule has 0 aromatic rings. The molecule has 386 valence electrons. The zero-order valence-corrected chi connectivity index (χ0v) is 44.0. The zero-order valence-electron chi connectivity index (χ0n) is 44.0. The number of hydrogen-bond acceptors (Lipinski definition) is 6. The Balaban J connectivity index is 4.19. The highest BCUT2D eigenvalue weighted by atomic mass is 16.6. The third-order valence-corrected chi connectivity index (χ3v) is 10.8. The number of esters is 3. The van der Waals surface area contributed by atoms with Crippen LogP contribution in [0.1, 0.15) is 213 Å². The molecule has 1 atom stereocenters. The SMILES string of the molecule is CC/C=C\C/C=C\C/C=C\C/C=C\C/C=C\C/C=C\C/C=C\C/C=C\CCCCCCCCC(=O)OCC(COC(=O)CCCCCCC)OC(=O)CCCC/C=C\C/C=C\C/C=C\C/C=C\CC. The lowest BCUT2D eigenvalue weighted by molar-refractivity contribution is -0.167. The van der Waals surface area contributed by atoms with Gasteiger partial charge in [-0.25, -0.2) is 0 Å². The molecule has 6 nitrogen and oxygen atoms in total. The van der Waals surface area contributed by atoms with Crippen LogP contribution in [-0.2, 0) is 28.6 Å². The molecule has 6 heteroatoms. The molecule has 0 radical (unpaired) electrons. The van der Waals surface area contributed by atoms with Crippen molar-refractivity contribution in [1.82, 2.24) is 0 Å². The highest BCUT2D eigenvalue weighted by Crippen LogP contribution is 2.12. The summed E-state index contributed by atoms with van der Waals surface area (Å²) in [6, 6.07) is 0. The molecule has 0 saturated carbocycles. The topological polar surface area (TPSA) is 78.9 Å². The second-order valence-electron chi connectivity index (χ2n) is 17.4. The molecule has 0 spiro atoms. The van der Waals surface area contributed by atoms with Crippen molar-refractivity contribution in [3.05, 3.63) is 146 Å². The summed E-state index contributed by atoms with van der Waals surface area (Å²) in [5.74, 6) is -0.988. The molecule has 0 aliphatic carbocycles. The normalized spacial score (nSPS) is 13.3. The second kappa shape index (κ2) is 55.9. The summed E-state index contributed by atoms with van der Waals surface area (Å²) in [5.41, 5.74) is 0. The molecule has 0 aromatic carbocycles. The second-order valence-corrected chi connectivity index (χ2v) is 17.4. The van der Waals surface area contributed by atoms with Gasteiger partial charge in [-0.3, -0.25) is 14.4 Å². The van der Waals surface area contributed by atoms with Gasteiger partial charge in [0.1, 0.15) is 13.2 Å². The predicted molar refractivity (Wildman–Crippen MR) is 297 cm³/mol. The summed E-state index contributed by atoms with van der Waals surface area (Å²) in [6.45, 7) is 6.25. The first-order chi connectivity index (χ1) is 34.0. The van der Waals surface area contributed by atoms with Crippen LogP contribution in [0.2, 0.25) is 0 Å². The molecule has 69 heavy (non-hydrogen) atoms. The first-order valence-electron chi connectivity index (χ1n) is 27.3. The lowest BCUT2D eigenvalue weighted by Crippen LogP contribution is -2.30. The van der Waals surface area contributed by atoms with Gasteiger partial charge in [0.15, 0.2) is 6.10 Å². The number of allylic oxidation sites excluding steroid dienone is 24. The number of carbonyl (C=O) groups is 3. The van der Waals surface area contributed by atoms with Crippen LogP contribution in [0.4, 0.5) is 0 Å². The van der Waals surface area contributed by atoms with E-state index in [0.717, 1.165) is 154 Å². The number of hydrogen-bond donors (Lipinski definition) is 0. The lowest BCUT2D eigenvalue weighted by atomic mass is 10.1. The van der Waals surface area contributed by atoms with Gasteiger partial charge in [0.05, 0.1) is 0 Å². The Labute approximate surface area is 423 Å². The maximum absolute atomic E-state index is 12.7. The molecule has 1 unspecified atom stereocenters. The van der Waals surface area contributed by atoms with Crippen molar-refractivity contribution >= 4 is 17.9 Å². The summed E-state index contributed by atoms with van der Waals surface area (Å²) in [6.07, 6.45) is 80.3. The van der Waals surface area contributed by atoms with Crippen molar-refractivity contribution in [2.75, 3.05) is 13.2 Å². The van der Waals surface area contributed by atoms with Crippen molar-refractivity contribution in [3.63, 3.8) is 0 Å². The van der Waals surface area contributed by atoms with E-state index in [9.17, 15) is 14.4 Å². The summed E-state index contributed by atoms with van der Waals surface area (Å²) in [5, 5.41) is 0. The van der Waals surface area contributed by atoms with Crippen molar-refractivity contribution < 1.29 is 28.6 Å². The van der Waals surface area contributed by atoms with Gasteiger partial charge in [-0.1, -0.05) is 218 Å². The van der Waals surface area contributed by atoms with Crippen molar-refractivity contribution in [2.45, 2.75) is 219 Å². The van der Waals surface area contributed by atoms with Gasteiger partial charge in [-0.2, -0.15) is 0 Å². The summed E-state index contributed by atoms with van der Waals surface area (Å²) >= 11 is 0. The Morgan fingerprint density at radius 3 is 0.913 bits per heavy atom. The van der Waals surface area contributed by atoms with Crippen molar-refractivity contribution in [3.8, 4) is 0 Å². The fourth-order valence-corrected chi connectivity index (χ4v) is 6.80. The van der Waals surface area contributed by atoms with E-state index in [2.05, 4.69) is 167 Å². The van der Waals surface area contributed by atoms with E-state index in [4.69, 9.17) is 14.2 Å². The van der Waals surface area contributed by atoms with Crippen LogP contribution in [0.5, 0.6) is 0 Å². The maximum Gasteiger partial charge on any atom is 0.306 e. The van der Waals surface area contributed by atoms with Crippen LogP contribution in [-0.4, -0.2) is 37.2 Å². The minimum Gasteiger partial charge on any atom is -0.462 e.